The molecule has 0 bridgehead atoms. The number of nitrogens with zero attached hydrogens (tertiary/aromatic N) is 3. The summed E-state index contributed by atoms with van der Waals surface area (Å²) in [6.07, 6.45) is 0. The SMILES string of the molecule is c1cc(-c2nc3ccccc3o2)cc(N2COc3cc(-c4nc5ccccc5s4)ccc3C2)c1. The molecule has 6 heteroatoms. The third-order valence-electron chi connectivity index (χ3n) is 6.10. The number of rotatable bonds is 3. The van der Waals surface area contributed by atoms with E-state index in [4.69, 9.17) is 14.1 Å². The molecule has 5 nitrogen and oxygen atoms in total. The molecule has 2 aromatic heterocycles. The van der Waals surface area contributed by atoms with E-state index in [2.05, 4.69) is 52.3 Å². The Morgan fingerprint density at radius 2 is 1.65 bits per heavy atom. The lowest BCUT2D eigenvalue weighted by Crippen LogP contribution is -2.31. The van der Waals surface area contributed by atoms with Crippen LogP contribution in [-0.4, -0.2) is 16.7 Å². The van der Waals surface area contributed by atoms with Crippen LogP contribution in [0.25, 0.3) is 43.3 Å². The van der Waals surface area contributed by atoms with Gasteiger partial charge in [0.25, 0.3) is 0 Å². The van der Waals surface area contributed by atoms with E-state index >= 15 is 0 Å². The molecule has 0 saturated carbocycles. The molecule has 0 atom stereocenters. The second-order valence-electron chi connectivity index (χ2n) is 8.32. The van der Waals surface area contributed by atoms with Crippen LogP contribution in [0.3, 0.4) is 0 Å². The van der Waals surface area contributed by atoms with Crippen LogP contribution in [0, 0.1) is 0 Å². The molecule has 164 valence electrons. The predicted octanol–water partition coefficient (Wildman–Crippen LogP) is 7.13. The van der Waals surface area contributed by atoms with Gasteiger partial charge in [-0.3, -0.25) is 0 Å². The van der Waals surface area contributed by atoms with Crippen molar-refractivity contribution in [1.29, 1.82) is 0 Å². The molecule has 1 aliphatic heterocycles. The maximum Gasteiger partial charge on any atom is 0.227 e. The van der Waals surface area contributed by atoms with Gasteiger partial charge in [0.2, 0.25) is 5.89 Å². The molecule has 0 unspecified atom stereocenters. The molecule has 4 aromatic carbocycles. The fourth-order valence-corrected chi connectivity index (χ4v) is 5.31. The van der Waals surface area contributed by atoms with Gasteiger partial charge in [-0.2, -0.15) is 0 Å². The smallest absolute Gasteiger partial charge is 0.227 e. The zero-order valence-electron chi connectivity index (χ0n) is 18.1. The summed E-state index contributed by atoms with van der Waals surface area (Å²) < 4.78 is 13.3. The fraction of sp³-hybridized carbons (Fsp3) is 0.0714. The molecule has 3 heterocycles. The fourth-order valence-electron chi connectivity index (χ4n) is 4.34. The quantitative estimate of drug-likeness (QED) is 0.281. The van der Waals surface area contributed by atoms with Gasteiger partial charge in [0.1, 0.15) is 16.3 Å². The Hall–Kier alpha value is -4.16. The first kappa shape index (κ1) is 19.3. The summed E-state index contributed by atoms with van der Waals surface area (Å²) in [5.74, 6) is 1.55. The first-order valence-corrected chi connectivity index (χ1v) is 11.9. The van der Waals surface area contributed by atoms with Crippen LogP contribution in [0.2, 0.25) is 0 Å². The second-order valence-corrected chi connectivity index (χ2v) is 9.35. The van der Waals surface area contributed by atoms with Gasteiger partial charge in [0.15, 0.2) is 12.3 Å². The summed E-state index contributed by atoms with van der Waals surface area (Å²) in [4.78, 5) is 11.6. The van der Waals surface area contributed by atoms with Gasteiger partial charge in [-0.1, -0.05) is 42.5 Å². The average molecular weight is 462 g/mol. The highest BCUT2D eigenvalue weighted by molar-refractivity contribution is 7.21. The van der Waals surface area contributed by atoms with Crippen molar-refractivity contribution in [2.24, 2.45) is 0 Å². The molecule has 0 aliphatic carbocycles. The van der Waals surface area contributed by atoms with Crippen LogP contribution in [-0.2, 0) is 6.54 Å². The Balaban J connectivity index is 1.16. The number of oxazole rings is 1. The molecule has 0 spiro atoms. The standard InChI is InChI=1S/C28H19N3O2S/c1-3-10-24-22(8-1)29-27(33-24)18-6-5-7-21(14-18)31-16-20-13-12-19(15-25(20)32-17-31)28-30-23-9-2-4-11-26(23)34-28/h1-15H,16-17H2. The van der Waals surface area contributed by atoms with Crippen LogP contribution >= 0.6 is 11.3 Å². The van der Waals surface area contributed by atoms with Crippen LogP contribution in [0.1, 0.15) is 5.56 Å². The molecular weight excluding hydrogens is 442 g/mol. The normalized spacial score (nSPS) is 13.2. The van der Waals surface area contributed by atoms with E-state index in [-0.39, 0.29) is 0 Å². The Kier molecular flexibility index (Phi) is 4.38. The lowest BCUT2D eigenvalue weighted by molar-refractivity contribution is 0.289. The molecular formula is C28H19N3O2S. The van der Waals surface area contributed by atoms with Gasteiger partial charge < -0.3 is 14.1 Å². The van der Waals surface area contributed by atoms with Crippen molar-refractivity contribution in [3.8, 4) is 27.8 Å². The van der Waals surface area contributed by atoms with E-state index in [1.54, 1.807) is 11.3 Å². The molecule has 1 aliphatic rings. The third-order valence-corrected chi connectivity index (χ3v) is 7.18. The maximum atomic E-state index is 6.18. The third kappa shape index (κ3) is 3.31. The Morgan fingerprint density at radius 1 is 0.765 bits per heavy atom. The van der Waals surface area contributed by atoms with Crippen molar-refractivity contribution >= 4 is 38.3 Å². The molecule has 0 amide bonds. The van der Waals surface area contributed by atoms with Crippen LogP contribution in [0.15, 0.2) is 95.4 Å². The highest BCUT2D eigenvalue weighted by atomic mass is 32.1. The molecule has 0 radical (unpaired) electrons. The lowest BCUT2D eigenvalue weighted by atomic mass is 10.1. The second kappa shape index (κ2) is 7.71. The van der Waals surface area contributed by atoms with Gasteiger partial charge in [-0.05, 0) is 48.5 Å². The summed E-state index contributed by atoms with van der Waals surface area (Å²) in [7, 11) is 0. The number of ether oxygens (including phenoxy) is 1. The van der Waals surface area contributed by atoms with Crippen molar-refractivity contribution in [3.63, 3.8) is 0 Å². The van der Waals surface area contributed by atoms with Crippen LogP contribution < -0.4 is 9.64 Å². The van der Waals surface area contributed by atoms with E-state index in [1.165, 1.54) is 4.70 Å². The number of anilines is 1. The number of hydrogen-bond donors (Lipinski definition) is 0. The first-order valence-electron chi connectivity index (χ1n) is 11.1. The molecule has 6 aromatic rings. The summed E-state index contributed by atoms with van der Waals surface area (Å²) in [6, 6.07) is 30.7. The Labute approximate surface area is 199 Å². The van der Waals surface area contributed by atoms with E-state index in [9.17, 15) is 0 Å². The minimum absolute atomic E-state index is 0.479. The van der Waals surface area contributed by atoms with Crippen molar-refractivity contribution in [2.75, 3.05) is 11.6 Å². The van der Waals surface area contributed by atoms with Gasteiger partial charge >= 0.3 is 0 Å². The summed E-state index contributed by atoms with van der Waals surface area (Å²) in [6.45, 7) is 1.25. The topological polar surface area (TPSA) is 51.4 Å². The monoisotopic (exact) mass is 461 g/mol. The van der Waals surface area contributed by atoms with Gasteiger partial charge in [0.05, 0.1) is 10.2 Å². The summed E-state index contributed by atoms with van der Waals surface area (Å²) >= 11 is 1.71. The maximum absolute atomic E-state index is 6.18. The highest BCUT2D eigenvalue weighted by Gasteiger charge is 2.20. The summed E-state index contributed by atoms with van der Waals surface area (Å²) in [5.41, 5.74) is 6.95. The number of hydrogen-bond acceptors (Lipinski definition) is 6. The van der Waals surface area contributed by atoms with E-state index in [0.717, 1.165) is 56.3 Å². The molecule has 34 heavy (non-hydrogen) atoms. The van der Waals surface area contributed by atoms with Crippen molar-refractivity contribution in [1.82, 2.24) is 9.97 Å². The molecule has 0 N–H and O–H groups in total. The largest absolute Gasteiger partial charge is 0.473 e. The van der Waals surface area contributed by atoms with E-state index in [1.807, 2.05) is 48.5 Å². The van der Waals surface area contributed by atoms with Crippen LogP contribution in [0.4, 0.5) is 5.69 Å². The molecule has 0 saturated heterocycles. The van der Waals surface area contributed by atoms with Gasteiger partial charge in [0, 0.05) is 28.9 Å². The number of para-hydroxylation sites is 3. The van der Waals surface area contributed by atoms with Gasteiger partial charge in [-0.25, -0.2) is 9.97 Å². The number of aromatic nitrogens is 2. The summed E-state index contributed by atoms with van der Waals surface area (Å²) in [5, 5.41) is 1.01. The minimum Gasteiger partial charge on any atom is -0.473 e. The Morgan fingerprint density at radius 3 is 2.56 bits per heavy atom. The van der Waals surface area contributed by atoms with Crippen molar-refractivity contribution < 1.29 is 9.15 Å². The van der Waals surface area contributed by atoms with Crippen LogP contribution in [0.5, 0.6) is 5.75 Å². The Bertz CT molecular complexity index is 1600. The highest BCUT2D eigenvalue weighted by Crippen LogP contribution is 2.36. The van der Waals surface area contributed by atoms with Crippen molar-refractivity contribution in [3.05, 3.63) is 96.6 Å². The van der Waals surface area contributed by atoms with Gasteiger partial charge in [-0.15, -0.1) is 11.3 Å². The molecule has 0 fully saturated rings. The number of fused-ring (bicyclic) bond motifs is 3. The minimum atomic E-state index is 0.479. The predicted molar refractivity (Wildman–Crippen MR) is 136 cm³/mol. The lowest BCUT2D eigenvalue weighted by Gasteiger charge is -2.31. The average Bonchev–Trinajstić information content (AvgIpc) is 3.53. The zero-order valence-corrected chi connectivity index (χ0v) is 19.0. The molecule has 7 rings (SSSR count). The van der Waals surface area contributed by atoms with E-state index in [0.29, 0.717) is 12.6 Å². The number of thiazole rings is 1. The number of benzene rings is 4. The first-order chi connectivity index (χ1) is 16.8. The zero-order chi connectivity index (χ0) is 22.5. The van der Waals surface area contributed by atoms with E-state index < -0.39 is 0 Å². The van der Waals surface area contributed by atoms with Crippen molar-refractivity contribution in [2.45, 2.75) is 6.54 Å².